The molecule has 2 N–H and O–H groups in total. The Morgan fingerprint density at radius 2 is 1.81 bits per heavy atom. The summed E-state index contributed by atoms with van der Waals surface area (Å²) in [5.74, 6) is -0.641. The molecule has 0 atom stereocenters. The van der Waals surface area contributed by atoms with Gasteiger partial charge in [-0.1, -0.05) is 35.9 Å². The number of para-hydroxylation sites is 1. The Morgan fingerprint density at radius 1 is 1.11 bits per heavy atom. The van der Waals surface area contributed by atoms with E-state index in [0.29, 0.717) is 5.56 Å². The topological polar surface area (TPSA) is 114 Å². The number of sulfonamides is 1. The van der Waals surface area contributed by atoms with Gasteiger partial charge in [-0.05, 0) is 32.0 Å². The van der Waals surface area contributed by atoms with Crippen molar-refractivity contribution in [2.45, 2.75) is 18.7 Å². The number of nitrogens with zero attached hydrogens (tertiary/aromatic N) is 2. The van der Waals surface area contributed by atoms with Gasteiger partial charge in [0.05, 0.1) is 17.2 Å². The van der Waals surface area contributed by atoms with Gasteiger partial charge in [0, 0.05) is 5.56 Å². The highest BCUT2D eigenvalue weighted by molar-refractivity contribution is 7.92. The number of benzene rings is 2. The molecule has 0 amide bonds. The molecule has 140 valence electrons. The number of carbonyl (C=O) groups is 1. The molecule has 0 aliphatic rings. The molecule has 0 unspecified atom stereocenters. The van der Waals surface area contributed by atoms with E-state index in [1.165, 1.54) is 12.1 Å². The van der Waals surface area contributed by atoms with Crippen LogP contribution in [0.15, 0.2) is 53.4 Å². The average molecular weight is 386 g/mol. The van der Waals surface area contributed by atoms with Crippen LogP contribution in [0.3, 0.4) is 0 Å². The first-order chi connectivity index (χ1) is 12.9. The number of rotatable bonds is 6. The first-order valence-electron chi connectivity index (χ1n) is 8.19. The number of hydrogen-bond donors (Lipinski definition) is 2. The third-order valence-electron chi connectivity index (χ3n) is 3.77. The molecule has 27 heavy (non-hydrogen) atoms. The maximum atomic E-state index is 12.7. The number of esters is 1. The lowest BCUT2D eigenvalue weighted by Crippen LogP contribution is -2.14. The van der Waals surface area contributed by atoms with Crippen molar-refractivity contribution in [2.24, 2.45) is 0 Å². The highest BCUT2D eigenvalue weighted by atomic mass is 32.2. The third kappa shape index (κ3) is 3.98. The van der Waals surface area contributed by atoms with Crippen molar-refractivity contribution < 1.29 is 17.9 Å². The van der Waals surface area contributed by atoms with E-state index in [1.807, 2.05) is 6.92 Å². The maximum Gasteiger partial charge on any atom is 0.361 e. The number of anilines is 1. The van der Waals surface area contributed by atoms with E-state index in [9.17, 15) is 13.2 Å². The summed E-state index contributed by atoms with van der Waals surface area (Å²) < 4.78 is 32.9. The van der Waals surface area contributed by atoms with E-state index in [2.05, 4.69) is 20.1 Å². The largest absolute Gasteiger partial charge is 0.461 e. The molecule has 3 rings (SSSR count). The van der Waals surface area contributed by atoms with Crippen LogP contribution in [-0.4, -0.2) is 36.4 Å². The molecule has 0 radical (unpaired) electrons. The van der Waals surface area contributed by atoms with Gasteiger partial charge in [-0.25, -0.2) is 13.2 Å². The van der Waals surface area contributed by atoms with Crippen molar-refractivity contribution in [1.29, 1.82) is 0 Å². The fraction of sp³-hybridized carbons (Fsp3) is 0.167. The van der Waals surface area contributed by atoms with Gasteiger partial charge in [0.25, 0.3) is 10.0 Å². The third-order valence-corrected chi connectivity index (χ3v) is 5.16. The monoisotopic (exact) mass is 386 g/mol. The number of H-pyrrole nitrogens is 1. The van der Waals surface area contributed by atoms with Crippen LogP contribution in [0.5, 0.6) is 0 Å². The van der Waals surface area contributed by atoms with Gasteiger partial charge >= 0.3 is 5.97 Å². The fourth-order valence-corrected chi connectivity index (χ4v) is 3.54. The zero-order chi connectivity index (χ0) is 19.4. The van der Waals surface area contributed by atoms with Gasteiger partial charge in [0.15, 0.2) is 5.69 Å². The smallest absolute Gasteiger partial charge is 0.361 e. The quantitative estimate of drug-likeness (QED) is 0.630. The van der Waals surface area contributed by atoms with Gasteiger partial charge in [0.2, 0.25) is 0 Å². The Labute approximate surface area is 156 Å². The minimum absolute atomic E-state index is 0.0150. The molecule has 1 aromatic heterocycles. The Hall–Kier alpha value is -3.20. The molecule has 0 spiro atoms. The summed E-state index contributed by atoms with van der Waals surface area (Å²) in [5.41, 5.74) is 1.83. The van der Waals surface area contributed by atoms with E-state index >= 15 is 0 Å². The van der Waals surface area contributed by atoms with E-state index in [4.69, 9.17) is 4.74 Å². The van der Waals surface area contributed by atoms with E-state index < -0.39 is 16.0 Å². The molecule has 8 nitrogen and oxygen atoms in total. The first-order valence-corrected chi connectivity index (χ1v) is 9.67. The van der Waals surface area contributed by atoms with Crippen LogP contribution < -0.4 is 4.72 Å². The summed E-state index contributed by atoms with van der Waals surface area (Å²) in [4.78, 5) is 12.2. The zero-order valence-electron chi connectivity index (χ0n) is 14.8. The number of aromatic amines is 1. The van der Waals surface area contributed by atoms with E-state index in [-0.39, 0.29) is 28.6 Å². The molecule has 9 heteroatoms. The molecular formula is C18H18N4O4S. The second-order valence-corrected chi connectivity index (χ2v) is 7.39. The molecule has 0 saturated carbocycles. The second-order valence-electron chi connectivity index (χ2n) is 5.71. The standard InChI is InChI=1S/C18H18N4O4S/c1-3-26-18(23)17-16(19-22-20-17)14-6-4-5-7-15(14)21-27(24,25)13-10-8-12(2)9-11-13/h4-11,21H,3H2,1-2H3,(H,19,20,22). The summed E-state index contributed by atoms with van der Waals surface area (Å²) in [6.07, 6.45) is 0. The summed E-state index contributed by atoms with van der Waals surface area (Å²) in [5, 5.41) is 10.2. The summed E-state index contributed by atoms with van der Waals surface area (Å²) >= 11 is 0. The molecule has 0 saturated heterocycles. The number of nitrogens with one attached hydrogen (secondary N) is 2. The van der Waals surface area contributed by atoms with Crippen LogP contribution in [-0.2, 0) is 14.8 Å². The fourth-order valence-electron chi connectivity index (χ4n) is 2.46. The van der Waals surface area contributed by atoms with Crippen LogP contribution in [0, 0.1) is 6.92 Å². The second kappa shape index (κ2) is 7.58. The van der Waals surface area contributed by atoms with E-state index in [0.717, 1.165) is 5.56 Å². The lowest BCUT2D eigenvalue weighted by atomic mass is 10.1. The lowest BCUT2D eigenvalue weighted by molar-refractivity contribution is 0.0520. The van der Waals surface area contributed by atoms with Crippen LogP contribution in [0.2, 0.25) is 0 Å². The summed E-state index contributed by atoms with van der Waals surface area (Å²) in [6.45, 7) is 3.74. The van der Waals surface area contributed by atoms with Crippen molar-refractivity contribution in [2.75, 3.05) is 11.3 Å². The molecule has 0 aliphatic carbocycles. The van der Waals surface area contributed by atoms with Gasteiger partial charge in [-0.15, -0.1) is 5.10 Å². The average Bonchev–Trinajstić information content (AvgIpc) is 3.12. The van der Waals surface area contributed by atoms with E-state index in [1.54, 1.807) is 43.3 Å². The molecule has 3 aromatic rings. The van der Waals surface area contributed by atoms with Gasteiger partial charge in [-0.3, -0.25) is 4.72 Å². The highest BCUT2D eigenvalue weighted by Crippen LogP contribution is 2.30. The molecule has 1 heterocycles. The molecule has 0 bridgehead atoms. The van der Waals surface area contributed by atoms with Crippen LogP contribution in [0.1, 0.15) is 23.0 Å². The van der Waals surface area contributed by atoms with Gasteiger partial charge in [0.1, 0.15) is 5.69 Å². The van der Waals surface area contributed by atoms with Crippen LogP contribution >= 0.6 is 0 Å². The number of ether oxygens (including phenoxy) is 1. The Kier molecular flexibility index (Phi) is 5.22. The highest BCUT2D eigenvalue weighted by Gasteiger charge is 2.23. The Bertz CT molecular complexity index is 1060. The number of carbonyl (C=O) groups excluding carboxylic acids is 1. The maximum absolute atomic E-state index is 12.7. The predicted molar refractivity (Wildman–Crippen MR) is 99.8 cm³/mol. The normalized spacial score (nSPS) is 11.2. The molecular weight excluding hydrogens is 368 g/mol. The minimum Gasteiger partial charge on any atom is -0.461 e. The molecule has 0 aliphatic heterocycles. The van der Waals surface area contributed by atoms with Crippen molar-refractivity contribution in [1.82, 2.24) is 15.4 Å². The number of aromatic nitrogens is 3. The minimum atomic E-state index is -3.81. The van der Waals surface area contributed by atoms with Crippen molar-refractivity contribution in [3.05, 3.63) is 59.8 Å². The summed E-state index contributed by atoms with van der Waals surface area (Å²) in [7, 11) is -3.81. The number of hydrogen-bond acceptors (Lipinski definition) is 6. The molecule has 2 aromatic carbocycles. The van der Waals surface area contributed by atoms with Crippen LogP contribution in [0.4, 0.5) is 5.69 Å². The zero-order valence-corrected chi connectivity index (χ0v) is 15.6. The van der Waals surface area contributed by atoms with Crippen molar-refractivity contribution in [3.63, 3.8) is 0 Å². The molecule has 0 fully saturated rings. The van der Waals surface area contributed by atoms with Gasteiger partial charge in [-0.2, -0.15) is 10.3 Å². The first kappa shape index (κ1) is 18.6. The van der Waals surface area contributed by atoms with Crippen molar-refractivity contribution >= 4 is 21.7 Å². The number of aryl methyl sites for hydroxylation is 1. The lowest BCUT2D eigenvalue weighted by Gasteiger charge is -2.12. The summed E-state index contributed by atoms with van der Waals surface area (Å²) in [6, 6.07) is 13.1. The Balaban J connectivity index is 2.00. The van der Waals surface area contributed by atoms with Gasteiger partial charge < -0.3 is 4.74 Å². The Morgan fingerprint density at radius 3 is 2.52 bits per heavy atom. The SMILES string of the molecule is CCOC(=O)c1n[nH]nc1-c1ccccc1NS(=O)(=O)c1ccc(C)cc1. The van der Waals surface area contributed by atoms with Crippen LogP contribution in [0.25, 0.3) is 11.3 Å². The van der Waals surface area contributed by atoms with Crippen molar-refractivity contribution in [3.8, 4) is 11.3 Å². The predicted octanol–water partition coefficient (Wildman–Crippen LogP) is 2.76.